The van der Waals surface area contributed by atoms with Crippen LogP contribution < -0.4 is 68.7 Å². The third-order valence-electron chi connectivity index (χ3n) is 1.58. The summed E-state index contributed by atoms with van der Waals surface area (Å²) >= 11 is 0. The molecule has 1 aromatic heterocycles. The number of nitrogens with zero attached hydrogens (tertiary/aromatic N) is 1. The predicted octanol–water partition coefficient (Wildman–Crippen LogP) is -1.69. The second kappa shape index (κ2) is 4.84. The first-order chi connectivity index (χ1) is 5.02. The van der Waals surface area contributed by atoms with Crippen LogP contribution in [0.15, 0.2) is 23.1 Å². The summed E-state index contributed by atoms with van der Waals surface area (Å²) in [7, 11) is 0. The van der Waals surface area contributed by atoms with Crippen molar-refractivity contribution >= 4 is 0 Å². The maximum absolute atomic E-state index is 11.2. The standard InChI is InChI=1S/C9H13NO.Rb/c1-9(2,3)7-5-4-6-10-8(7)11;/h4-6H,1-3H3,(H,10,11);/q;+1/p-1. The van der Waals surface area contributed by atoms with Crippen LogP contribution in [0.2, 0.25) is 0 Å². The summed E-state index contributed by atoms with van der Waals surface area (Å²) < 4.78 is 0. The van der Waals surface area contributed by atoms with Crippen molar-refractivity contribution in [2.75, 3.05) is 0 Å². The minimum atomic E-state index is -0.111. The molecule has 1 aromatic rings. The van der Waals surface area contributed by atoms with Gasteiger partial charge in [0.2, 0.25) is 0 Å². The Morgan fingerprint density at radius 2 is 1.92 bits per heavy atom. The van der Waals surface area contributed by atoms with E-state index in [1.807, 2.05) is 26.8 Å². The van der Waals surface area contributed by atoms with Gasteiger partial charge in [0.05, 0.1) is 5.56 Å². The van der Waals surface area contributed by atoms with Gasteiger partial charge in [-0.1, -0.05) is 32.9 Å². The summed E-state index contributed by atoms with van der Waals surface area (Å²) in [5.41, 5.74) is 0.575. The Balaban J connectivity index is 0.00000121. The molecule has 0 aliphatic rings. The molecule has 0 atom stereocenters. The largest absolute Gasteiger partial charge is 1.00 e. The fraction of sp³-hybridized carbons (Fsp3) is 0.444. The van der Waals surface area contributed by atoms with E-state index in [2.05, 4.69) is 4.98 Å². The fourth-order valence-corrected chi connectivity index (χ4v) is 0.962. The number of hydrogen-bond donors (Lipinski definition) is 0. The van der Waals surface area contributed by atoms with Gasteiger partial charge in [-0.2, -0.15) is 6.20 Å². The molecule has 1 heterocycles. The van der Waals surface area contributed by atoms with Crippen LogP contribution in [0.1, 0.15) is 26.3 Å². The number of rotatable bonds is 0. The zero-order valence-electron chi connectivity index (χ0n) is 8.09. The second-order valence-corrected chi connectivity index (χ2v) is 3.61. The molecule has 0 radical (unpaired) electrons. The van der Waals surface area contributed by atoms with Gasteiger partial charge in [0.15, 0.2) is 0 Å². The Morgan fingerprint density at radius 3 is 2.25 bits per heavy atom. The molecular weight excluding hydrogens is 224 g/mol. The number of pyridine rings is 1. The van der Waals surface area contributed by atoms with E-state index in [1.165, 1.54) is 6.20 Å². The van der Waals surface area contributed by atoms with E-state index in [4.69, 9.17) is 0 Å². The minimum Gasteiger partial charge on any atom is -0.629 e. The van der Waals surface area contributed by atoms with Crippen molar-refractivity contribution in [2.24, 2.45) is 0 Å². The molecule has 0 saturated heterocycles. The van der Waals surface area contributed by atoms with Crippen molar-refractivity contribution in [2.45, 2.75) is 26.2 Å². The minimum absolute atomic E-state index is 0. The van der Waals surface area contributed by atoms with Gasteiger partial charge in [0, 0.05) is 0 Å². The van der Waals surface area contributed by atoms with Crippen LogP contribution in [-0.4, -0.2) is 0 Å². The van der Waals surface area contributed by atoms with E-state index in [0.29, 0.717) is 0 Å². The van der Waals surface area contributed by atoms with Crippen molar-refractivity contribution in [1.29, 1.82) is 0 Å². The van der Waals surface area contributed by atoms with Crippen LogP contribution in [0, 0.1) is 0 Å². The summed E-state index contributed by atoms with van der Waals surface area (Å²) in [6, 6.07) is 3.62. The first-order valence-electron chi connectivity index (χ1n) is 3.64. The zero-order chi connectivity index (χ0) is 8.48. The Labute approximate surface area is 122 Å². The normalized spacial score (nSPS) is 10.6. The Morgan fingerprint density at radius 1 is 1.33 bits per heavy atom. The van der Waals surface area contributed by atoms with E-state index in [9.17, 15) is 4.79 Å². The van der Waals surface area contributed by atoms with Gasteiger partial charge >= 0.3 is 58.2 Å². The predicted molar refractivity (Wildman–Crippen MR) is 44.7 cm³/mol. The molecule has 0 saturated carbocycles. The van der Waals surface area contributed by atoms with Crippen LogP contribution in [0.4, 0.5) is 0 Å². The summed E-state index contributed by atoms with van der Waals surface area (Å²) in [4.78, 5) is 14.8. The molecule has 0 N–H and O–H groups in total. The SMILES string of the molecule is CC(C)(C)c1ccc[n-]c1=O.[Rb+]. The summed E-state index contributed by atoms with van der Waals surface area (Å²) in [6.07, 6.45) is 1.53. The van der Waals surface area contributed by atoms with Crippen LogP contribution >= 0.6 is 0 Å². The average molecular weight is 236 g/mol. The molecule has 0 bridgehead atoms. The van der Waals surface area contributed by atoms with Gasteiger partial charge in [-0.3, -0.25) is 0 Å². The summed E-state index contributed by atoms with van der Waals surface area (Å²) in [6.45, 7) is 6.02. The Kier molecular flexibility index (Phi) is 5.15. The maximum atomic E-state index is 11.2. The molecule has 0 fully saturated rings. The monoisotopic (exact) mass is 235 g/mol. The number of aromatic nitrogens is 1. The molecule has 3 heteroatoms. The van der Waals surface area contributed by atoms with E-state index >= 15 is 0 Å². The Hall–Kier alpha value is 0.755. The second-order valence-electron chi connectivity index (χ2n) is 3.61. The molecule has 60 valence electrons. The zero-order valence-corrected chi connectivity index (χ0v) is 13.0. The van der Waals surface area contributed by atoms with E-state index < -0.39 is 0 Å². The smallest absolute Gasteiger partial charge is 0.629 e. The Bertz CT molecular complexity index is 298. The number of hydrogen-bond acceptors (Lipinski definition) is 1. The first-order valence-corrected chi connectivity index (χ1v) is 3.64. The first kappa shape index (κ1) is 12.8. The van der Waals surface area contributed by atoms with Crippen molar-refractivity contribution < 1.29 is 58.2 Å². The van der Waals surface area contributed by atoms with Crippen LogP contribution in [0.5, 0.6) is 0 Å². The topological polar surface area (TPSA) is 31.2 Å². The van der Waals surface area contributed by atoms with Gasteiger partial charge in [-0.25, -0.2) is 0 Å². The molecule has 0 aliphatic carbocycles. The van der Waals surface area contributed by atoms with E-state index in [1.54, 1.807) is 6.07 Å². The van der Waals surface area contributed by atoms with Crippen molar-refractivity contribution in [3.8, 4) is 0 Å². The maximum Gasteiger partial charge on any atom is 1.00 e. The molecule has 1 rings (SSSR count). The molecule has 2 nitrogen and oxygen atoms in total. The molecule has 0 unspecified atom stereocenters. The van der Waals surface area contributed by atoms with Gasteiger partial charge in [0.25, 0.3) is 0 Å². The molecule has 0 aromatic carbocycles. The fourth-order valence-electron chi connectivity index (χ4n) is 0.962. The third kappa shape index (κ3) is 3.25. The van der Waals surface area contributed by atoms with Gasteiger partial charge < -0.3 is 9.78 Å². The van der Waals surface area contributed by atoms with E-state index in [0.717, 1.165) is 5.56 Å². The third-order valence-corrected chi connectivity index (χ3v) is 1.58. The quantitative estimate of drug-likeness (QED) is 0.537. The van der Waals surface area contributed by atoms with Crippen molar-refractivity contribution in [1.82, 2.24) is 4.98 Å². The van der Waals surface area contributed by atoms with Crippen LogP contribution in [-0.2, 0) is 5.41 Å². The molecule has 0 aliphatic heterocycles. The molecule has 0 spiro atoms. The summed E-state index contributed by atoms with van der Waals surface area (Å²) in [5, 5.41) is 0. The molecular formula is C9H12NORb. The summed E-state index contributed by atoms with van der Waals surface area (Å²) in [5.74, 6) is 0. The molecule has 0 amide bonds. The van der Waals surface area contributed by atoms with E-state index in [-0.39, 0.29) is 69.2 Å². The average Bonchev–Trinajstić information content (AvgIpc) is 1.86. The van der Waals surface area contributed by atoms with Crippen LogP contribution in [0.3, 0.4) is 0 Å². The van der Waals surface area contributed by atoms with Gasteiger partial charge in [0.1, 0.15) is 0 Å². The van der Waals surface area contributed by atoms with Crippen molar-refractivity contribution in [3.63, 3.8) is 0 Å². The van der Waals surface area contributed by atoms with Crippen LogP contribution in [0.25, 0.3) is 0 Å². The molecule has 12 heavy (non-hydrogen) atoms. The van der Waals surface area contributed by atoms with Gasteiger partial charge in [-0.15, -0.1) is 0 Å². The van der Waals surface area contributed by atoms with Gasteiger partial charge in [-0.05, 0) is 11.0 Å². The van der Waals surface area contributed by atoms with Crippen molar-refractivity contribution in [3.05, 3.63) is 34.2 Å².